The van der Waals surface area contributed by atoms with Crippen LogP contribution in [-0.2, 0) is 17.3 Å². The van der Waals surface area contributed by atoms with Crippen LogP contribution in [0.25, 0.3) is 12.2 Å². The molecule has 0 aliphatic carbocycles. The van der Waals surface area contributed by atoms with Crippen LogP contribution in [0.5, 0.6) is 0 Å². The number of aliphatic hydroxyl groups excluding tert-OH is 4. The molecule has 0 spiro atoms. The second kappa shape index (κ2) is 9.63. The Balaban J connectivity index is 1.92. The molecule has 4 N–H and O–H groups in total. The van der Waals surface area contributed by atoms with Crippen molar-refractivity contribution < 1.29 is 47.1 Å². The van der Waals surface area contributed by atoms with Crippen LogP contribution in [0.2, 0.25) is 0 Å². The molecule has 2 aromatic carbocycles. The Hall–Kier alpha value is -2.37. The molecule has 1 fully saturated rings. The summed E-state index contributed by atoms with van der Waals surface area (Å²) < 4.78 is 72.5. The first kappa shape index (κ1) is 24.3. The third-order valence-corrected chi connectivity index (χ3v) is 5.26. The van der Waals surface area contributed by atoms with E-state index >= 15 is 0 Å². The minimum absolute atomic E-state index is 0.0168. The molecule has 10 heteroatoms. The lowest BCUT2D eigenvalue weighted by atomic mass is 9.90. The summed E-state index contributed by atoms with van der Waals surface area (Å²) in [6.45, 7) is -0.671. The Bertz CT molecular complexity index is 976. The number of ether oxygens (including phenoxy) is 1. The number of rotatable bonds is 5. The molecule has 0 aromatic heterocycles. The van der Waals surface area contributed by atoms with E-state index < -0.39 is 60.5 Å². The maximum atomic E-state index is 14.6. The molecule has 0 saturated carbocycles. The number of benzene rings is 2. The van der Waals surface area contributed by atoms with Crippen molar-refractivity contribution in [1.82, 2.24) is 0 Å². The fraction of sp³-hybridized carbons (Fsp3) is 0.364. The van der Waals surface area contributed by atoms with E-state index in [1.165, 1.54) is 24.3 Å². The Morgan fingerprint density at radius 1 is 0.906 bits per heavy atom. The van der Waals surface area contributed by atoms with Crippen molar-refractivity contribution in [1.29, 1.82) is 0 Å². The van der Waals surface area contributed by atoms with Gasteiger partial charge in [0.15, 0.2) is 0 Å². The summed E-state index contributed by atoms with van der Waals surface area (Å²) in [5.74, 6) is -1.92. The molecule has 1 heterocycles. The van der Waals surface area contributed by atoms with Crippen molar-refractivity contribution in [3.05, 3.63) is 70.3 Å². The zero-order chi connectivity index (χ0) is 23.6. The summed E-state index contributed by atoms with van der Waals surface area (Å²) in [6, 6.07) is 5.92. The van der Waals surface area contributed by atoms with Gasteiger partial charge in [-0.2, -0.15) is 13.2 Å². The van der Waals surface area contributed by atoms with Crippen LogP contribution < -0.4 is 0 Å². The molecule has 0 bridgehead atoms. The lowest BCUT2D eigenvalue weighted by Crippen LogP contribution is -2.59. The molecular formula is C22H21F5O5. The zero-order valence-electron chi connectivity index (χ0n) is 16.5. The number of halogens is 5. The third kappa shape index (κ3) is 5.33. The molecule has 3 rings (SSSR count). The summed E-state index contributed by atoms with van der Waals surface area (Å²) in [5, 5.41) is 39.3. The summed E-state index contributed by atoms with van der Waals surface area (Å²) in [4.78, 5) is 0. The average Bonchev–Trinajstić information content (AvgIpc) is 2.73. The summed E-state index contributed by atoms with van der Waals surface area (Å²) >= 11 is 0. The van der Waals surface area contributed by atoms with Crippen molar-refractivity contribution in [3.8, 4) is 0 Å². The lowest BCUT2D eigenvalue weighted by molar-refractivity contribution is -0.228. The van der Waals surface area contributed by atoms with Gasteiger partial charge in [0.2, 0.25) is 0 Å². The predicted octanol–water partition coefficient (Wildman–Crippen LogP) is 2.54. The summed E-state index contributed by atoms with van der Waals surface area (Å²) in [5.41, 5.74) is -0.884. The number of aliphatic hydroxyl groups is 4. The SMILES string of the molecule is OC[C@H]1O[C@@H](Cc2c(F)cc(F)cc2/C=C/c2cccc(C(F)(F)F)c2)[C@H](O)[C@@H](O)[C@@H]1O. The molecular weight excluding hydrogens is 439 g/mol. The highest BCUT2D eigenvalue weighted by Gasteiger charge is 2.43. The highest BCUT2D eigenvalue weighted by molar-refractivity contribution is 5.71. The Kier molecular flexibility index (Phi) is 7.31. The molecule has 5 atom stereocenters. The fourth-order valence-electron chi connectivity index (χ4n) is 3.54. The van der Waals surface area contributed by atoms with E-state index in [0.29, 0.717) is 6.07 Å². The largest absolute Gasteiger partial charge is 0.416 e. The van der Waals surface area contributed by atoms with Crippen LogP contribution in [0.3, 0.4) is 0 Å². The molecule has 0 radical (unpaired) electrons. The average molecular weight is 460 g/mol. The van der Waals surface area contributed by atoms with Gasteiger partial charge >= 0.3 is 6.18 Å². The summed E-state index contributed by atoms with van der Waals surface area (Å²) in [7, 11) is 0. The van der Waals surface area contributed by atoms with E-state index in [4.69, 9.17) is 4.74 Å². The molecule has 2 aromatic rings. The van der Waals surface area contributed by atoms with Gasteiger partial charge in [0, 0.05) is 12.5 Å². The first-order chi connectivity index (χ1) is 15.0. The molecule has 0 unspecified atom stereocenters. The van der Waals surface area contributed by atoms with Crippen LogP contribution >= 0.6 is 0 Å². The first-order valence-corrected chi connectivity index (χ1v) is 9.65. The highest BCUT2D eigenvalue weighted by Crippen LogP contribution is 2.31. The van der Waals surface area contributed by atoms with Gasteiger partial charge in [0.1, 0.15) is 36.1 Å². The van der Waals surface area contributed by atoms with Crippen molar-refractivity contribution in [2.75, 3.05) is 6.61 Å². The van der Waals surface area contributed by atoms with E-state index in [1.807, 2.05) is 0 Å². The van der Waals surface area contributed by atoms with Gasteiger partial charge in [-0.25, -0.2) is 8.78 Å². The fourth-order valence-corrected chi connectivity index (χ4v) is 3.54. The van der Waals surface area contributed by atoms with E-state index in [-0.39, 0.29) is 23.1 Å². The maximum absolute atomic E-state index is 14.6. The zero-order valence-corrected chi connectivity index (χ0v) is 16.5. The topological polar surface area (TPSA) is 90.2 Å². The van der Waals surface area contributed by atoms with Crippen LogP contribution in [0.15, 0.2) is 36.4 Å². The molecule has 1 saturated heterocycles. The summed E-state index contributed by atoms with van der Waals surface area (Å²) in [6.07, 6.45) is -9.78. The lowest BCUT2D eigenvalue weighted by Gasteiger charge is -2.40. The van der Waals surface area contributed by atoms with E-state index in [0.717, 1.165) is 18.2 Å². The Morgan fingerprint density at radius 2 is 1.59 bits per heavy atom. The van der Waals surface area contributed by atoms with Crippen molar-refractivity contribution in [3.63, 3.8) is 0 Å². The van der Waals surface area contributed by atoms with Crippen LogP contribution in [0.4, 0.5) is 22.0 Å². The van der Waals surface area contributed by atoms with Gasteiger partial charge in [-0.15, -0.1) is 0 Å². The van der Waals surface area contributed by atoms with Gasteiger partial charge in [0.25, 0.3) is 0 Å². The van der Waals surface area contributed by atoms with Gasteiger partial charge < -0.3 is 25.2 Å². The normalized spacial score (nSPS) is 26.6. The van der Waals surface area contributed by atoms with Gasteiger partial charge in [-0.3, -0.25) is 0 Å². The van der Waals surface area contributed by atoms with Crippen molar-refractivity contribution in [2.45, 2.75) is 43.1 Å². The second-order valence-electron chi connectivity index (χ2n) is 7.48. The molecule has 32 heavy (non-hydrogen) atoms. The first-order valence-electron chi connectivity index (χ1n) is 9.65. The minimum Gasteiger partial charge on any atom is -0.394 e. The second-order valence-corrected chi connectivity index (χ2v) is 7.48. The molecule has 174 valence electrons. The van der Waals surface area contributed by atoms with E-state index in [9.17, 15) is 42.4 Å². The van der Waals surface area contributed by atoms with Crippen molar-refractivity contribution in [2.24, 2.45) is 0 Å². The van der Waals surface area contributed by atoms with Crippen LogP contribution in [-0.4, -0.2) is 57.6 Å². The van der Waals surface area contributed by atoms with E-state index in [1.54, 1.807) is 0 Å². The standard InChI is InChI=1S/C22H21F5O5/c23-14-7-12(5-4-11-2-1-3-13(6-11)22(25,26)27)15(16(24)8-14)9-17-19(29)21(31)20(30)18(10-28)32-17/h1-8,17-21,28-31H,9-10H2/b5-4+/t17-,18+,19-,20+,21+/m0/s1. The third-order valence-electron chi connectivity index (χ3n) is 5.26. The Labute approximate surface area is 180 Å². The smallest absolute Gasteiger partial charge is 0.394 e. The van der Waals surface area contributed by atoms with E-state index in [2.05, 4.69) is 0 Å². The predicted molar refractivity (Wildman–Crippen MR) is 104 cm³/mol. The van der Waals surface area contributed by atoms with Crippen LogP contribution in [0, 0.1) is 11.6 Å². The molecule has 1 aliphatic heterocycles. The molecule has 5 nitrogen and oxygen atoms in total. The molecule has 1 aliphatic rings. The number of alkyl halides is 3. The maximum Gasteiger partial charge on any atom is 0.416 e. The molecule has 0 amide bonds. The number of hydrogen-bond donors (Lipinski definition) is 4. The highest BCUT2D eigenvalue weighted by atomic mass is 19.4. The Morgan fingerprint density at radius 3 is 2.25 bits per heavy atom. The monoisotopic (exact) mass is 460 g/mol. The van der Waals surface area contributed by atoms with Crippen molar-refractivity contribution >= 4 is 12.2 Å². The van der Waals surface area contributed by atoms with Gasteiger partial charge in [-0.05, 0) is 34.9 Å². The quantitative estimate of drug-likeness (QED) is 0.407. The minimum atomic E-state index is -4.55. The van der Waals surface area contributed by atoms with Crippen LogP contribution in [0.1, 0.15) is 22.3 Å². The number of hydrogen-bond acceptors (Lipinski definition) is 5. The van der Waals surface area contributed by atoms with Gasteiger partial charge in [0.05, 0.1) is 18.3 Å². The van der Waals surface area contributed by atoms with Gasteiger partial charge in [-0.1, -0.05) is 24.3 Å².